The number of amides is 1. The van der Waals surface area contributed by atoms with E-state index < -0.39 is 0 Å². The number of ether oxygens (including phenoxy) is 1. The number of rotatable bonds is 8. The maximum atomic E-state index is 12.2. The standard InChI is InChI=1S/C20H20ClN3O3S/c1-13(14-6-4-3-5-7-14)10-19-23-24-20(27-19)28-12-18(25)22-16-11-15(21)8-9-17(16)26-2/h3-9,11,13H,10,12H2,1-2H3,(H,22,25). The Morgan fingerprint density at radius 2 is 2.04 bits per heavy atom. The molecule has 1 amide bonds. The molecule has 0 aliphatic rings. The molecule has 0 saturated heterocycles. The van der Waals surface area contributed by atoms with Crippen molar-refractivity contribution >= 4 is 35.0 Å². The zero-order chi connectivity index (χ0) is 19.9. The summed E-state index contributed by atoms with van der Waals surface area (Å²) in [6.45, 7) is 2.11. The first kappa shape index (κ1) is 20.2. The second kappa shape index (κ2) is 9.61. The molecule has 2 aromatic carbocycles. The van der Waals surface area contributed by atoms with E-state index in [1.165, 1.54) is 24.4 Å². The first-order valence-corrected chi connectivity index (χ1v) is 10.0. The quantitative estimate of drug-likeness (QED) is 0.530. The van der Waals surface area contributed by atoms with Crippen molar-refractivity contribution in [3.05, 3.63) is 65.0 Å². The predicted octanol–water partition coefficient (Wildman–Crippen LogP) is 4.81. The molecule has 0 aliphatic carbocycles. The molecule has 1 aromatic heterocycles. The van der Waals surface area contributed by atoms with Gasteiger partial charge in [0.15, 0.2) is 0 Å². The topological polar surface area (TPSA) is 77.2 Å². The van der Waals surface area contributed by atoms with Crippen LogP contribution in [0, 0.1) is 0 Å². The van der Waals surface area contributed by atoms with Crippen molar-refractivity contribution in [1.82, 2.24) is 10.2 Å². The summed E-state index contributed by atoms with van der Waals surface area (Å²) in [4.78, 5) is 12.2. The molecular formula is C20H20ClN3O3S. The third kappa shape index (κ3) is 5.50. The highest BCUT2D eigenvalue weighted by atomic mass is 35.5. The fourth-order valence-electron chi connectivity index (χ4n) is 2.63. The maximum absolute atomic E-state index is 12.2. The van der Waals surface area contributed by atoms with E-state index in [-0.39, 0.29) is 17.6 Å². The van der Waals surface area contributed by atoms with Gasteiger partial charge in [0, 0.05) is 11.4 Å². The van der Waals surface area contributed by atoms with Crippen molar-refractivity contribution in [3.63, 3.8) is 0 Å². The summed E-state index contributed by atoms with van der Waals surface area (Å²) in [6, 6.07) is 15.2. The van der Waals surface area contributed by atoms with Gasteiger partial charge in [0.25, 0.3) is 5.22 Å². The number of anilines is 1. The molecule has 0 radical (unpaired) electrons. The van der Waals surface area contributed by atoms with Crippen LogP contribution in [0.15, 0.2) is 58.2 Å². The van der Waals surface area contributed by atoms with Crippen LogP contribution in [0.25, 0.3) is 0 Å². The Bertz CT molecular complexity index is 933. The van der Waals surface area contributed by atoms with E-state index >= 15 is 0 Å². The van der Waals surface area contributed by atoms with Crippen molar-refractivity contribution in [2.24, 2.45) is 0 Å². The van der Waals surface area contributed by atoms with Gasteiger partial charge in [0.1, 0.15) is 5.75 Å². The van der Waals surface area contributed by atoms with Gasteiger partial charge >= 0.3 is 0 Å². The molecule has 0 fully saturated rings. The minimum atomic E-state index is -0.219. The van der Waals surface area contributed by atoms with Crippen LogP contribution in [0.1, 0.15) is 24.3 Å². The Hall–Kier alpha value is -2.51. The number of nitrogens with one attached hydrogen (secondary N) is 1. The molecule has 0 spiro atoms. The largest absolute Gasteiger partial charge is 0.495 e. The van der Waals surface area contributed by atoms with Gasteiger partial charge in [0.05, 0.1) is 18.6 Å². The zero-order valence-electron chi connectivity index (χ0n) is 15.5. The van der Waals surface area contributed by atoms with Crippen LogP contribution in [0.4, 0.5) is 5.69 Å². The lowest BCUT2D eigenvalue weighted by Crippen LogP contribution is -2.14. The van der Waals surface area contributed by atoms with Crippen molar-refractivity contribution in [1.29, 1.82) is 0 Å². The number of hydrogen-bond donors (Lipinski definition) is 1. The minimum absolute atomic E-state index is 0.130. The number of benzene rings is 2. The van der Waals surface area contributed by atoms with Crippen LogP contribution in [-0.2, 0) is 11.2 Å². The average Bonchev–Trinajstić information content (AvgIpc) is 3.14. The lowest BCUT2D eigenvalue weighted by Gasteiger charge is -2.10. The van der Waals surface area contributed by atoms with Crippen LogP contribution in [0.5, 0.6) is 5.75 Å². The number of aromatic nitrogens is 2. The first-order chi connectivity index (χ1) is 13.5. The second-order valence-electron chi connectivity index (χ2n) is 6.16. The Morgan fingerprint density at radius 1 is 1.25 bits per heavy atom. The number of thioether (sulfide) groups is 1. The molecule has 3 rings (SSSR count). The van der Waals surface area contributed by atoms with Gasteiger partial charge in [-0.15, -0.1) is 10.2 Å². The van der Waals surface area contributed by atoms with Crippen LogP contribution in [0.3, 0.4) is 0 Å². The van der Waals surface area contributed by atoms with Gasteiger partial charge in [-0.2, -0.15) is 0 Å². The molecule has 1 unspecified atom stereocenters. The first-order valence-electron chi connectivity index (χ1n) is 8.68. The molecule has 1 atom stereocenters. The van der Waals surface area contributed by atoms with Crippen molar-refractivity contribution in [2.45, 2.75) is 24.5 Å². The normalized spacial score (nSPS) is 11.8. The zero-order valence-corrected chi connectivity index (χ0v) is 17.1. The third-order valence-electron chi connectivity index (χ3n) is 4.06. The fraction of sp³-hybridized carbons (Fsp3) is 0.250. The number of carbonyl (C=O) groups is 1. The Balaban J connectivity index is 1.53. The molecule has 146 valence electrons. The smallest absolute Gasteiger partial charge is 0.277 e. The third-order valence-corrected chi connectivity index (χ3v) is 5.11. The summed E-state index contributed by atoms with van der Waals surface area (Å²) >= 11 is 7.16. The Labute approximate surface area is 172 Å². The van der Waals surface area contributed by atoms with Gasteiger partial charge in [0.2, 0.25) is 11.8 Å². The summed E-state index contributed by atoms with van der Waals surface area (Å²) < 4.78 is 10.9. The van der Waals surface area contributed by atoms with Crippen molar-refractivity contribution in [2.75, 3.05) is 18.2 Å². The van der Waals surface area contributed by atoms with Crippen LogP contribution >= 0.6 is 23.4 Å². The molecule has 0 saturated carbocycles. The highest BCUT2D eigenvalue weighted by molar-refractivity contribution is 7.99. The maximum Gasteiger partial charge on any atom is 0.277 e. The van der Waals surface area contributed by atoms with E-state index in [9.17, 15) is 4.79 Å². The summed E-state index contributed by atoms with van der Waals surface area (Å²) in [7, 11) is 1.53. The Kier molecular flexibility index (Phi) is 6.95. The number of hydrogen-bond acceptors (Lipinski definition) is 6. The summed E-state index contributed by atoms with van der Waals surface area (Å²) in [5, 5.41) is 11.7. The Morgan fingerprint density at radius 3 is 2.79 bits per heavy atom. The number of nitrogens with zero attached hydrogens (tertiary/aromatic N) is 2. The lowest BCUT2D eigenvalue weighted by atomic mass is 9.98. The fourth-order valence-corrected chi connectivity index (χ4v) is 3.38. The summed E-state index contributed by atoms with van der Waals surface area (Å²) in [5.74, 6) is 1.26. The monoisotopic (exact) mass is 417 g/mol. The van der Waals surface area contributed by atoms with E-state index in [1.807, 2.05) is 18.2 Å². The molecule has 6 nitrogen and oxygen atoms in total. The molecule has 8 heteroatoms. The lowest BCUT2D eigenvalue weighted by molar-refractivity contribution is -0.113. The second-order valence-corrected chi connectivity index (χ2v) is 7.52. The van der Waals surface area contributed by atoms with E-state index in [0.717, 1.165) is 0 Å². The van der Waals surface area contributed by atoms with Gasteiger partial charge in [-0.3, -0.25) is 4.79 Å². The summed E-state index contributed by atoms with van der Waals surface area (Å²) in [6.07, 6.45) is 0.642. The highest BCUT2D eigenvalue weighted by Crippen LogP contribution is 2.28. The van der Waals surface area contributed by atoms with Crippen molar-refractivity contribution < 1.29 is 13.9 Å². The van der Waals surface area contributed by atoms with E-state index in [0.29, 0.717) is 34.0 Å². The van der Waals surface area contributed by atoms with E-state index in [1.54, 1.807) is 18.2 Å². The molecule has 3 aromatic rings. The summed E-state index contributed by atoms with van der Waals surface area (Å²) in [5.41, 5.74) is 1.73. The average molecular weight is 418 g/mol. The van der Waals surface area contributed by atoms with Crippen LogP contribution in [0.2, 0.25) is 5.02 Å². The highest BCUT2D eigenvalue weighted by Gasteiger charge is 2.14. The van der Waals surface area contributed by atoms with Gasteiger partial charge in [-0.1, -0.05) is 60.6 Å². The molecule has 0 bridgehead atoms. The van der Waals surface area contributed by atoms with Crippen LogP contribution in [-0.4, -0.2) is 29.0 Å². The molecule has 1 heterocycles. The van der Waals surface area contributed by atoms with Gasteiger partial charge in [-0.05, 0) is 29.7 Å². The number of carbonyl (C=O) groups excluding carboxylic acids is 1. The van der Waals surface area contributed by atoms with Crippen LogP contribution < -0.4 is 10.1 Å². The van der Waals surface area contributed by atoms with E-state index in [4.69, 9.17) is 20.8 Å². The molecule has 28 heavy (non-hydrogen) atoms. The van der Waals surface area contributed by atoms with Gasteiger partial charge in [-0.25, -0.2) is 0 Å². The SMILES string of the molecule is COc1ccc(Cl)cc1NC(=O)CSc1nnc(CC(C)c2ccccc2)o1. The molecular weight excluding hydrogens is 398 g/mol. The van der Waals surface area contributed by atoms with E-state index in [2.05, 4.69) is 34.6 Å². The number of halogens is 1. The van der Waals surface area contributed by atoms with Gasteiger partial charge < -0.3 is 14.5 Å². The molecule has 0 aliphatic heterocycles. The number of methoxy groups -OCH3 is 1. The predicted molar refractivity (Wildman–Crippen MR) is 110 cm³/mol. The van der Waals surface area contributed by atoms with Crippen molar-refractivity contribution in [3.8, 4) is 5.75 Å². The minimum Gasteiger partial charge on any atom is -0.495 e. The molecule has 1 N–H and O–H groups in total.